The summed E-state index contributed by atoms with van der Waals surface area (Å²) in [7, 11) is 0. The van der Waals surface area contributed by atoms with Crippen molar-refractivity contribution in [3.8, 4) is 5.75 Å². The van der Waals surface area contributed by atoms with E-state index in [1.165, 1.54) is 6.07 Å². The van der Waals surface area contributed by atoms with E-state index in [2.05, 4.69) is 0 Å². The van der Waals surface area contributed by atoms with E-state index in [1.807, 2.05) is 24.3 Å². The lowest BCUT2D eigenvalue weighted by Gasteiger charge is -2.35. The van der Waals surface area contributed by atoms with Gasteiger partial charge >= 0.3 is 5.97 Å². The third-order valence-electron chi connectivity index (χ3n) is 6.58. The van der Waals surface area contributed by atoms with Crippen LogP contribution in [0.15, 0.2) is 48.5 Å². The van der Waals surface area contributed by atoms with Crippen LogP contribution < -0.4 is 4.74 Å². The maximum Gasteiger partial charge on any atom is 0.315 e. The molecule has 2 heterocycles. The van der Waals surface area contributed by atoms with E-state index in [1.54, 1.807) is 23.1 Å². The van der Waals surface area contributed by atoms with Gasteiger partial charge in [0.2, 0.25) is 5.91 Å². The summed E-state index contributed by atoms with van der Waals surface area (Å²) in [4.78, 5) is 27.3. The molecule has 2 aromatic carbocycles. The highest BCUT2D eigenvalue weighted by molar-refractivity contribution is 5.93. The molecule has 2 fully saturated rings. The van der Waals surface area contributed by atoms with Crippen molar-refractivity contribution in [1.29, 1.82) is 0 Å². The minimum absolute atomic E-state index is 0.0283. The monoisotopic (exact) mass is 381 g/mol. The molecule has 5 rings (SSSR count). The second-order valence-corrected chi connectivity index (χ2v) is 8.09. The van der Waals surface area contributed by atoms with Gasteiger partial charge in [-0.2, -0.15) is 0 Å². The highest BCUT2D eigenvalue weighted by Crippen LogP contribution is 2.54. The van der Waals surface area contributed by atoms with E-state index < -0.39 is 16.8 Å². The average Bonchev–Trinajstić information content (AvgIpc) is 3.40. The normalized spacial score (nSPS) is 26.8. The van der Waals surface area contributed by atoms with E-state index in [4.69, 9.17) is 4.74 Å². The maximum absolute atomic E-state index is 14.4. The number of para-hydroxylation sites is 1. The molecule has 28 heavy (non-hydrogen) atoms. The van der Waals surface area contributed by atoms with Gasteiger partial charge in [-0.15, -0.1) is 0 Å². The molecule has 1 amide bonds. The van der Waals surface area contributed by atoms with Crippen molar-refractivity contribution in [2.45, 2.75) is 24.2 Å². The Morgan fingerprint density at radius 3 is 2.54 bits per heavy atom. The fourth-order valence-electron chi connectivity index (χ4n) is 4.87. The summed E-state index contributed by atoms with van der Waals surface area (Å²) < 4.78 is 20.1. The van der Waals surface area contributed by atoms with Crippen LogP contribution in [0.1, 0.15) is 29.9 Å². The molecule has 2 atom stereocenters. The predicted molar refractivity (Wildman–Crippen MR) is 98.6 cm³/mol. The molecule has 0 bridgehead atoms. The Morgan fingerprint density at radius 2 is 1.82 bits per heavy atom. The zero-order valence-electron chi connectivity index (χ0n) is 15.2. The number of halogens is 1. The van der Waals surface area contributed by atoms with Crippen molar-refractivity contribution in [3.63, 3.8) is 0 Å². The van der Waals surface area contributed by atoms with Gasteiger partial charge in [0.05, 0.1) is 5.41 Å². The first kappa shape index (κ1) is 17.2. The largest absolute Gasteiger partial charge is 0.492 e. The van der Waals surface area contributed by atoms with Crippen LogP contribution in [0.2, 0.25) is 0 Å². The number of aliphatic carboxylic acids is 1. The van der Waals surface area contributed by atoms with E-state index in [9.17, 15) is 19.1 Å². The molecular weight excluding hydrogens is 361 g/mol. The molecule has 1 aliphatic carbocycles. The number of amides is 1. The summed E-state index contributed by atoms with van der Waals surface area (Å²) in [6.45, 7) is 0.415. The van der Waals surface area contributed by atoms with E-state index >= 15 is 0 Å². The number of hydrogen-bond acceptors (Lipinski definition) is 3. The van der Waals surface area contributed by atoms with Crippen molar-refractivity contribution in [2.24, 2.45) is 5.41 Å². The second-order valence-electron chi connectivity index (χ2n) is 8.09. The minimum atomic E-state index is -1.17. The lowest BCUT2D eigenvalue weighted by atomic mass is 9.73. The standard InChI is InChI=1S/C22H20FNO4/c23-17-7-3-2-6-15(17)21(9-10-21)19(25)24-11-16-14-5-1-4-8-18(14)28-13-22(16,12-24)20(26)27/h1-8,16H,9-13H2,(H,26,27)/t16-,22-/m1/s1. The molecule has 0 unspecified atom stereocenters. The molecule has 144 valence electrons. The summed E-state index contributed by atoms with van der Waals surface area (Å²) >= 11 is 0. The molecular formula is C22H20FNO4. The summed E-state index contributed by atoms with van der Waals surface area (Å²) in [5, 5.41) is 10.0. The number of carboxylic acid groups (broad SMARTS) is 1. The molecule has 0 aromatic heterocycles. The Labute approximate surface area is 161 Å². The van der Waals surface area contributed by atoms with Gasteiger partial charge in [0.1, 0.15) is 23.6 Å². The van der Waals surface area contributed by atoms with Crippen LogP contribution in [0.5, 0.6) is 5.75 Å². The summed E-state index contributed by atoms with van der Waals surface area (Å²) in [5.41, 5.74) is -0.799. The molecule has 3 aliphatic rings. The number of rotatable bonds is 3. The quantitative estimate of drug-likeness (QED) is 0.888. The minimum Gasteiger partial charge on any atom is -0.492 e. The zero-order valence-corrected chi connectivity index (χ0v) is 15.2. The fraction of sp³-hybridized carbons (Fsp3) is 0.364. The SMILES string of the molecule is O=C(N1C[C@@H]2c3ccccc3OC[C@]2(C(=O)O)C1)C1(c2ccccc2F)CC1. The Hall–Kier alpha value is -2.89. The highest BCUT2D eigenvalue weighted by Gasteiger charge is 2.61. The summed E-state index contributed by atoms with van der Waals surface area (Å²) in [6.07, 6.45) is 1.17. The molecule has 1 saturated carbocycles. The zero-order chi connectivity index (χ0) is 19.5. The topological polar surface area (TPSA) is 66.8 Å². The summed E-state index contributed by atoms with van der Waals surface area (Å²) in [6, 6.07) is 13.8. The van der Waals surface area contributed by atoms with Crippen LogP contribution >= 0.6 is 0 Å². The van der Waals surface area contributed by atoms with Crippen LogP contribution in [0, 0.1) is 11.2 Å². The Morgan fingerprint density at radius 1 is 1.11 bits per heavy atom. The number of likely N-dealkylation sites (tertiary alicyclic amines) is 1. The number of hydrogen-bond donors (Lipinski definition) is 1. The summed E-state index contributed by atoms with van der Waals surface area (Å²) in [5.74, 6) is -1.18. The fourth-order valence-corrected chi connectivity index (χ4v) is 4.87. The molecule has 0 radical (unpaired) electrons. The van der Waals surface area contributed by atoms with Gasteiger partial charge in [-0.1, -0.05) is 36.4 Å². The number of fused-ring (bicyclic) bond motifs is 3. The van der Waals surface area contributed by atoms with Crippen LogP contribution in [-0.2, 0) is 15.0 Å². The van der Waals surface area contributed by atoms with Crippen LogP contribution in [0.3, 0.4) is 0 Å². The lowest BCUT2D eigenvalue weighted by molar-refractivity contribution is -0.152. The van der Waals surface area contributed by atoms with Gasteiger partial charge in [0.25, 0.3) is 0 Å². The first-order valence-electron chi connectivity index (χ1n) is 9.47. The molecule has 1 N–H and O–H groups in total. The van der Waals surface area contributed by atoms with Gasteiger partial charge in [0, 0.05) is 30.1 Å². The third-order valence-corrected chi connectivity index (χ3v) is 6.58. The van der Waals surface area contributed by atoms with Crippen molar-refractivity contribution >= 4 is 11.9 Å². The molecule has 5 nitrogen and oxygen atoms in total. The Kier molecular flexibility index (Phi) is 3.57. The van der Waals surface area contributed by atoms with E-state index in [0.717, 1.165) is 5.56 Å². The van der Waals surface area contributed by atoms with Crippen LogP contribution in [-0.4, -0.2) is 41.6 Å². The maximum atomic E-state index is 14.4. The Bertz CT molecular complexity index is 986. The number of carboxylic acids is 1. The molecule has 2 aromatic rings. The molecule has 6 heteroatoms. The highest BCUT2D eigenvalue weighted by atomic mass is 19.1. The van der Waals surface area contributed by atoms with Crippen LogP contribution in [0.4, 0.5) is 4.39 Å². The third kappa shape index (κ3) is 2.23. The van der Waals surface area contributed by atoms with Crippen molar-refractivity contribution in [3.05, 3.63) is 65.5 Å². The van der Waals surface area contributed by atoms with Crippen molar-refractivity contribution in [2.75, 3.05) is 19.7 Å². The average molecular weight is 381 g/mol. The smallest absolute Gasteiger partial charge is 0.315 e. The lowest BCUT2D eigenvalue weighted by Crippen LogP contribution is -2.46. The molecule has 1 saturated heterocycles. The van der Waals surface area contributed by atoms with Gasteiger partial charge in [-0.3, -0.25) is 9.59 Å². The van der Waals surface area contributed by atoms with Gasteiger partial charge in [-0.25, -0.2) is 4.39 Å². The second kappa shape index (κ2) is 5.80. The van der Waals surface area contributed by atoms with Crippen LogP contribution in [0.25, 0.3) is 0 Å². The van der Waals surface area contributed by atoms with E-state index in [-0.39, 0.29) is 30.8 Å². The van der Waals surface area contributed by atoms with Crippen molar-refractivity contribution in [1.82, 2.24) is 4.90 Å². The number of ether oxygens (including phenoxy) is 1. The molecule has 2 aliphatic heterocycles. The van der Waals surface area contributed by atoms with Crippen molar-refractivity contribution < 1.29 is 23.8 Å². The number of benzene rings is 2. The Balaban J connectivity index is 1.51. The number of nitrogens with zero attached hydrogens (tertiary/aromatic N) is 1. The van der Waals surface area contributed by atoms with Gasteiger partial charge < -0.3 is 14.7 Å². The number of carbonyl (C=O) groups excluding carboxylic acids is 1. The van der Waals surface area contributed by atoms with E-state index in [0.29, 0.717) is 30.7 Å². The number of carbonyl (C=O) groups is 2. The predicted octanol–water partition coefficient (Wildman–Crippen LogP) is 2.95. The van der Waals surface area contributed by atoms with Gasteiger partial charge in [0.15, 0.2) is 0 Å². The van der Waals surface area contributed by atoms with Gasteiger partial charge in [-0.05, 0) is 25.0 Å². The first-order chi connectivity index (χ1) is 13.5. The molecule has 0 spiro atoms. The first-order valence-corrected chi connectivity index (χ1v) is 9.47.